The first-order chi connectivity index (χ1) is 7.65. The number of halogens is 1. The SMILES string of the molecule is CC(NC1CCN(C)C1)c1ccc(F)cc1. The van der Waals surface area contributed by atoms with Gasteiger partial charge in [0, 0.05) is 18.6 Å². The summed E-state index contributed by atoms with van der Waals surface area (Å²) in [6.45, 7) is 4.39. The smallest absolute Gasteiger partial charge is 0.123 e. The lowest BCUT2D eigenvalue weighted by molar-refractivity contribution is 0.387. The Balaban J connectivity index is 1.92. The number of hydrogen-bond donors (Lipinski definition) is 1. The van der Waals surface area contributed by atoms with Crippen LogP contribution >= 0.6 is 0 Å². The summed E-state index contributed by atoms with van der Waals surface area (Å²) in [5.74, 6) is -0.170. The summed E-state index contributed by atoms with van der Waals surface area (Å²) in [6.07, 6.45) is 1.20. The average molecular weight is 222 g/mol. The van der Waals surface area contributed by atoms with Crippen LogP contribution in [-0.4, -0.2) is 31.1 Å². The molecule has 2 nitrogen and oxygen atoms in total. The summed E-state index contributed by atoms with van der Waals surface area (Å²) >= 11 is 0. The Kier molecular flexibility index (Phi) is 3.56. The van der Waals surface area contributed by atoms with Gasteiger partial charge < -0.3 is 10.2 Å². The molecule has 0 amide bonds. The molecule has 1 fully saturated rings. The van der Waals surface area contributed by atoms with E-state index in [1.807, 2.05) is 12.1 Å². The highest BCUT2D eigenvalue weighted by molar-refractivity contribution is 5.19. The van der Waals surface area contributed by atoms with Crippen LogP contribution in [0.25, 0.3) is 0 Å². The van der Waals surface area contributed by atoms with E-state index in [2.05, 4.69) is 24.2 Å². The molecule has 2 rings (SSSR count). The predicted octanol–water partition coefficient (Wildman–Crippen LogP) is 2.18. The number of likely N-dealkylation sites (N-methyl/N-ethyl adjacent to an activating group) is 1. The standard InChI is InChI=1S/C13H19FN2/c1-10(11-3-5-12(14)6-4-11)15-13-7-8-16(2)9-13/h3-6,10,13,15H,7-9H2,1-2H3. The van der Waals surface area contributed by atoms with E-state index in [9.17, 15) is 4.39 Å². The highest BCUT2D eigenvalue weighted by Gasteiger charge is 2.20. The van der Waals surface area contributed by atoms with E-state index in [0.717, 1.165) is 18.7 Å². The molecule has 0 spiro atoms. The van der Waals surface area contributed by atoms with E-state index >= 15 is 0 Å². The summed E-state index contributed by atoms with van der Waals surface area (Å²) in [5.41, 5.74) is 1.15. The van der Waals surface area contributed by atoms with Gasteiger partial charge in [0.15, 0.2) is 0 Å². The summed E-state index contributed by atoms with van der Waals surface area (Å²) < 4.78 is 12.8. The molecule has 1 aliphatic heterocycles. The molecule has 2 atom stereocenters. The molecule has 0 bridgehead atoms. The number of nitrogens with zero attached hydrogens (tertiary/aromatic N) is 1. The minimum Gasteiger partial charge on any atom is -0.306 e. The molecule has 0 radical (unpaired) electrons. The van der Waals surface area contributed by atoms with Crippen molar-refractivity contribution in [2.75, 3.05) is 20.1 Å². The Morgan fingerprint density at radius 3 is 2.62 bits per heavy atom. The van der Waals surface area contributed by atoms with E-state index in [-0.39, 0.29) is 11.9 Å². The van der Waals surface area contributed by atoms with Crippen LogP contribution in [0.2, 0.25) is 0 Å². The molecular formula is C13H19FN2. The highest BCUT2D eigenvalue weighted by atomic mass is 19.1. The third kappa shape index (κ3) is 2.80. The maximum Gasteiger partial charge on any atom is 0.123 e. The molecule has 1 heterocycles. The van der Waals surface area contributed by atoms with Crippen LogP contribution in [-0.2, 0) is 0 Å². The zero-order chi connectivity index (χ0) is 11.5. The maximum atomic E-state index is 12.8. The number of benzene rings is 1. The summed E-state index contributed by atoms with van der Waals surface area (Å²) in [7, 11) is 2.14. The van der Waals surface area contributed by atoms with Crippen LogP contribution < -0.4 is 5.32 Å². The fraction of sp³-hybridized carbons (Fsp3) is 0.538. The minimum atomic E-state index is -0.170. The lowest BCUT2D eigenvalue weighted by Crippen LogP contribution is -2.33. The zero-order valence-corrected chi connectivity index (χ0v) is 9.91. The summed E-state index contributed by atoms with van der Waals surface area (Å²) in [4.78, 5) is 2.33. The first kappa shape index (κ1) is 11.6. The Morgan fingerprint density at radius 2 is 2.06 bits per heavy atom. The number of nitrogens with one attached hydrogen (secondary N) is 1. The second kappa shape index (κ2) is 4.93. The van der Waals surface area contributed by atoms with Gasteiger partial charge >= 0.3 is 0 Å². The maximum absolute atomic E-state index is 12.8. The molecular weight excluding hydrogens is 203 g/mol. The Bertz CT molecular complexity index is 336. The van der Waals surface area contributed by atoms with Gasteiger partial charge in [-0.1, -0.05) is 12.1 Å². The number of hydrogen-bond acceptors (Lipinski definition) is 2. The minimum absolute atomic E-state index is 0.170. The van der Waals surface area contributed by atoms with Crippen LogP contribution in [0.1, 0.15) is 24.9 Å². The van der Waals surface area contributed by atoms with Crippen molar-refractivity contribution in [1.29, 1.82) is 0 Å². The van der Waals surface area contributed by atoms with Gasteiger partial charge in [-0.2, -0.15) is 0 Å². The topological polar surface area (TPSA) is 15.3 Å². The molecule has 0 aliphatic carbocycles. The van der Waals surface area contributed by atoms with Gasteiger partial charge in [0.25, 0.3) is 0 Å². The van der Waals surface area contributed by atoms with Crippen molar-refractivity contribution in [1.82, 2.24) is 10.2 Å². The van der Waals surface area contributed by atoms with Crippen molar-refractivity contribution in [3.8, 4) is 0 Å². The van der Waals surface area contributed by atoms with Crippen LogP contribution in [0.5, 0.6) is 0 Å². The molecule has 16 heavy (non-hydrogen) atoms. The van der Waals surface area contributed by atoms with Gasteiger partial charge in [-0.05, 0) is 44.6 Å². The van der Waals surface area contributed by atoms with Crippen molar-refractivity contribution < 1.29 is 4.39 Å². The van der Waals surface area contributed by atoms with Crippen molar-refractivity contribution in [2.45, 2.75) is 25.4 Å². The Hall–Kier alpha value is -0.930. The normalized spacial score (nSPS) is 23.6. The largest absolute Gasteiger partial charge is 0.306 e. The monoisotopic (exact) mass is 222 g/mol. The second-order valence-electron chi connectivity index (χ2n) is 4.69. The van der Waals surface area contributed by atoms with E-state index in [1.54, 1.807) is 0 Å². The number of likely N-dealkylation sites (tertiary alicyclic amines) is 1. The second-order valence-corrected chi connectivity index (χ2v) is 4.69. The van der Waals surface area contributed by atoms with Crippen molar-refractivity contribution in [3.63, 3.8) is 0 Å². The highest BCUT2D eigenvalue weighted by Crippen LogP contribution is 2.16. The molecule has 0 aromatic heterocycles. The van der Waals surface area contributed by atoms with Gasteiger partial charge in [-0.25, -0.2) is 4.39 Å². The van der Waals surface area contributed by atoms with E-state index in [4.69, 9.17) is 0 Å². The first-order valence-corrected chi connectivity index (χ1v) is 5.85. The third-order valence-electron chi connectivity index (χ3n) is 3.25. The van der Waals surface area contributed by atoms with Crippen LogP contribution in [0.3, 0.4) is 0 Å². The molecule has 1 aromatic carbocycles. The molecule has 1 aromatic rings. The lowest BCUT2D eigenvalue weighted by atomic mass is 10.1. The molecule has 2 unspecified atom stereocenters. The molecule has 88 valence electrons. The molecule has 3 heteroatoms. The van der Waals surface area contributed by atoms with Gasteiger partial charge in [-0.15, -0.1) is 0 Å². The Morgan fingerprint density at radius 1 is 1.38 bits per heavy atom. The van der Waals surface area contributed by atoms with Crippen LogP contribution in [0.4, 0.5) is 4.39 Å². The van der Waals surface area contributed by atoms with Crippen molar-refractivity contribution >= 4 is 0 Å². The van der Waals surface area contributed by atoms with Crippen molar-refractivity contribution in [2.24, 2.45) is 0 Å². The van der Waals surface area contributed by atoms with Gasteiger partial charge in [0.2, 0.25) is 0 Å². The quantitative estimate of drug-likeness (QED) is 0.843. The summed E-state index contributed by atoms with van der Waals surface area (Å²) in [5, 5.41) is 3.58. The van der Waals surface area contributed by atoms with E-state index < -0.39 is 0 Å². The zero-order valence-electron chi connectivity index (χ0n) is 9.91. The van der Waals surface area contributed by atoms with Gasteiger partial charge in [-0.3, -0.25) is 0 Å². The number of rotatable bonds is 3. The van der Waals surface area contributed by atoms with E-state index in [1.165, 1.54) is 18.6 Å². The van der Waals surface area contributed by atoms with Gasteiger partial charge in [0.05, 0.1) is 0 Å². The van der Waals surface area contributed by atoms with Crippen LogP contribution in [0.15, 0.2) is 24.3 Å². The lowest BCUT2D eigenvalue weighted by Gasteiger charge is -2.19. The van der Waals surface area contributed by atoms with E-state index in [0.29, 0.717) is 6.04 Å². The molecule has 1 saturated heterocycles. The first-order valence-electron chi connectivity index (χ1n) is 5.85. The molecule has 1 N–H and O–H groups in total. The molecule has 1 aliphatic rings. The predicted molar refractivity (Wildman–Crippen MR) is 63.9 cm³/mol. The van der Waals surface area contributed by atoms with Crippen molar-refractivity contribution in [3.05, 3.63) is 35.6 Å². The fourth-order valence-electron chi connectivity index (χ4n) is 2.27. The van der Waals surface area contributed by atoms with Crippen LogP contribution in [0, 0.1) is 5.82 Å². The molecule has 0 saturated carbocycles. The third-order valence-corrected chi connectivity index (χ3v) is 3.25. The Labute approximate surface area is 96.5 Å². The fourth-order valence-corrected chi connectivity index (χ4v) is 2.27. The summed E-state index contributed by atoms with van der Waals surface area (Å²) in [6, 6.07) is 7.60. The average Bonchev–Trinajstić information content (AvgIpc) is 2.65. The van der Waals surface area contributed by atoms with Gasteiger partial charge in [0.1, 0.15) is 5.82 Å².